The molecule has 4 aromatic rings. The SMILES string of the molecule is CCOc1ccccc1N1C[C@@H](c2nc3ccccc3n2CCOc2ccccc2[C@H](C)CC)CC1=O. The van der Waals surface area contributed by atoms with Crippen LogP contribution in [-0.2, 0) is 11.3 Å². The van der Waals surface area contributed by atoms with Gasteiger partial charge in [-0.2, -0.15) is 0 Å². The summed E-state index contributed by atoms with van der Waals surface area (Å²) in [6, 6.07) is 24.2. The van der Waals surface area contributed by atoms with Gasteiger partial charge >= 0.3 is 0 Å². The lowest BCUT2D eigenvalue weighted by Gasteiger charge is -2.20. The Kier molecular flexibility index (Phi) is 7.45. The van der Waals surface area contributed by atoms with Crippen LogP contribution in [0.2, 0.25) is 0 Å². The van der Waals surface area contributed by atoms with Crippen LogP contribution in [0.15, 0.2) is 72.8 Å². The minimum absolute atomic E-state index is 0.0121. The zero-order chi connectivity index (χ0) is 25.8. The molecule has 5 rings (SSSR count). The first kappa shape index (κ1) is 24.9. The number of fused-ring (bicyclic) bond motifs is 1. The second kappa shape index (κ2) is 11.1. The Morgan fingerprint density at radius 1 is 0.946 bits per heavy atom. The number of amides is 1. The van der Waals surface area contributed by atoms with Gasteiger partial charge < -0.3 is 18.9 Å². The average molecular weight is 498 g/mol. The van der Waals surface area contributed by atoms with E-state index in [9.17, 15) is 4.79 Å². The van der Waals surface area contributed by atoms with E-state index in [1.165, 1.54) is 5.56 Å². The topological polar surface area (TPSA) is 56.6 Å². The van der Waals surface area contributed by atoms with Crippen LogP contribution in [0, 0.1) is 0 Å². The average Bonchev–Trinajstić information content (AvgIpc) is 3.49. The molecule has 1 aliphatic rings. The van der Waals surface area contributed by atoms with Gasteiger partial charge in [-0.3, -0.25) is 4.79 Å². The highest BCUT2D eigenvalue weighted by molar-refractivity contribution is 5.97. The molecule has 0 N–H and O–H groups in total. The van der Waals surface area contributed by atoms with E-state index in [0.717, 1.165) is 40.5 Å². The molecule has 0 unspecified atom stereocenters. The van der Waals surface area contributed by atoms with Crippen molar-refractivity contribution < 1.29 is 14.3 Å². The summed E-state index contributed by atoms with van der Waals surface area (Å²) < 4.78 is 14.4. The Bertz CT molecular complexity index is 1380. The highest BCUT2D eigenvalue weighted by Gasteiger charge is 2.36. The third kappa shape index (κ3) is 5.06. The van der Waals surface area contributed by atoms with Crippen molar-refractivity contribution in [3.63, 3.8) is 0 Å². The third-order valence-electron chi connectivity index (χ3n) is 7.26. The van der Waals surface area contributed by atoms with Gasteiger partial charge in [0.25, 0.3) is 0 Å². The number of ether oxygens (including phenoxy) is 2. The molecule has 6 nitrogen and oxygen atoms in total. The molecule has 1 aromatic heterocycles. The van der Waals surface area contributed by atoms with Crippen molar-refractivity contribution in [1.82, 2.24) is 9.55 Å². The molecule has 0 spiro atoms. The summed E-state index contributed by atoms with van der Waals surface area (Å²) >= 11 is 0. The fourth-order valence-corrected chi connectivity index (χ4v) is 5.20. The van der Waals surface area contributed by atoms with Crippen LogP contribution in [0.3, 0.4) is 0 Å². The molecule has 1 aliphatic heterocycles. The molecule has 0 radical (unpaired) electrons. The first-order valence-corrected chi connectivity index (χ1v) is 13.3. The van der Waals surface area contributed by atoms with Gasteiger partial charge in [-0.1, -0.05) is 56.3 Å². The van der Waals surface area contributed by atoms with E-state index in [1.807, 2.05) is 60.4 Å². The van der Waals surface area contributed by atoms with Crippen molar-refractivity contribution in [1.29, 1.82) is 0 Å². The number of para-hydroxylation sites is 5. The maximum absolute atomic E-state index is 13.2. The first-order chi connectivity index (χ1) is 18.1. The summed E-state index contributed by atoms with van der Waals surface area (Å²) in [6.07, 6.45) is 1.48. The standard InChI is InChI=1S/C31H35N3O3/c1-4-22(3)24-12-6-10-16-28(24)37-19-18-33-26-14-8-7-13-25(26)32-31(33)23-20-30(35)34(21-23)27-15-9-11-17-29(27)36-5-2/h6-17,22-23H,4-5,18-21H2,1-3H3/t22-,23+/m1/s1. The zero-order valence-corrected chi connectivity index (χ0v) is 21.9. The molecule has 2 heterocycles. The number of hydrogen-bond acceptors (Lipinski definition) is 4. The second-order valence-electron chi connectivity index (χ2n) is 9.61. The zero-order valence-electron chi connectivity index (χ0n) is 21.9. The monoisotopic (exact) mass is 497 g/mol. The normalized spacial score (nSPS) is 16.4. The summed E-state index contributed by atoms with van der Waals surface area (Å²) in [7, 11) is 0. The Balaban J connectivity index is 1.40. The van der Waals surface area contributed by atoms with Crippen LogP contribution in [-0.4, -0.2) is 35.2 Å². The van der Waals surface area contributed by atoms with Gasteiger partial charge in [0.15, 0.2) is 0 Å². The van der Waals surface area contributed by atoms with Gasteiger partial charge in [0.1, 0.15) is 23.9 Å². The maximum Gasteiger partial charge on any atom is 0.227 e. The summed E-state index contributed by atoms with van der Waals surface area (Å²) in [5, 5.41) is 0. The van der Waals surface area contributed by atoms with Crippen molar-refractivity contribution in [2.24, 2.45) is 0 Å². The Morgan fingerprint density at radius 3 is 2.49 bits per heavy atom. The molecule has 0 aliphatic carbocycles. The number of carbonyl (C=O) groups excluding carboxylic acids is 1. The fraction of sp³-hybridized carbons (Fsp3) is 0.355. The van der Waals surface area contributed by atoms with Crippen LogP contribution < -0.4 is 14.4 Å². The van der Waals surface area contributed by atoms with E-state index in [2.05, 4.69) is 42.7 Å². The molecule has 3 aromatic carbocycles. The smallest absolute Gasteiger partial charge is 0.227 e. The number of hydrogen-bond donors (Lipinski definition) is 0. The third-order valence-corrected chi connectivity index (χ3v) is 7.26. The lowest BCUT2D eigenvalue weighted by molar-refractivity contribution is -0.117. The lowest BCUT2D eigenvalue weighted by atomic mass is 9.98. The molecular formula is C31H35N3O3. The number of benzene rings is 3. The van der Waals surface area contributed by atoms with E-state index in [0.29, 0.717) is 38.6 Å². The number of nitrogens with zero attached hydrogens (tertiary/aromatic N) is 3. The number of aromatic nitrogens is 2. The van der Waals surface area contributed by atoms with E-state index in [-0.39, 0.29) is 11.8 Å². The fourth-order valence-electron chi connectivity index (χ4n) is 5.20. The van der Waals surface area contributed by atoms with E-state index in [4.69, 9.17) is 14.5 Å². The summed E-state index contributed by atoms with van der Waals surface area (Å²) in [6.45, 7) is 8.70. The maximum atomic E-state index is 13.2. The molecule has 1 fully saturated rings. The molecule has 6 heteroatoms. The molecule has 2 atom stereocenters. The van der Waals surface area contributed by atoms with Crippen molar-refractivity contribution >= 4 is 22.6 Å². The highest BCUT2D eigenvalue weighted by Crippen LogP contribution is 2.37. The van der Waals surface area contributed by atoms with Gasteiger partial charge in [0, 0.05) is 18.9 Å². The molecule has 192 valence electrons. The largest absolute Gasteiger partial charge is 0.492 e. The Hall–Kier alpha value is -3.80. The van der Waals surface area contributed by atoms with Crippen LogP contribution in [0.25, 0.3) is 11.0 Å². The van der Waals surface area contributed by atoms with Crippen LogP contribution >= 0.6 is 0 Å². The van der Waals surface area contributed by atoms with Crippen LogP contribution in [0.5, 0.6) is 11.5 Å². The molecular weight excluding hydrogens is 462 g/mol. The first-order valence-electron chi connectivity index (χ1n) is 13.3. The van der Waals surface area contributed by atoms with Crippen LogP contribution in [0.1, 0.15) is 56.8 Å². The molecule has 1 saturated heterocycles. The molecule has 1 amide bonds. The minimum atomic E-state index is -0.0121. The van der Waals surface area contributed by atoms with Gasteiger partial charge in [-0.25, -0.2) is 4.98 Å². The van der Waals surface area contributed by atoms with Crippen molar-refractivity contribution in [3.05, 3.63) is 84.2 Å². The molecule has 0 bridgehead atoms. The predicted octanol–water partition coefficient (Wildman–Crippen LogP) is 6.55. The number of rotatable bonds is 10. The van der Waals surface area contributed by atoms with Crippen molar-refractivity contribution in [2.45, 2.75) is 52.0 Å². The van der Waals surface area contributed by atoms with Crippen LogP contribution in [0.4, 0.5) is 5.69 Å². The van der Waals surface area contributed by atoms with Crippen molar-refractivity contribution in [2.75, 3.05) is 24.7 Å². The van der Waals surface area contributed by atoms with E-state index >= 15 is 0 Å². The number of imidazole rings is 1. The highest BCUT2D eigenvalue weighted by atomic mass is 16.5. The van der Waals surface area contributed by atoms with Gasteiger partial charge in [-0.15, -0.1) is 0 Å². The predicted molar refractivity (Wildman–Crippen MR) is 148 cm³/mol. The number of carbonyl (C=O) groups is 1. The Morgan fingerprint density at radius 2 is 1.68 bits per heavy atom. The van der Waals surface area contributed by atoms with Gasteiger partial charge in [0.2, 0.25) is 5.91 Å². The van der Waals surface area contributed by atoms with Gasteiger partial charge in [0.05, 0.1) is 29.9 Å². The van der Waals surface area contributed by atoms with E-state index in [1.54, 1.807) is 0 Å². The lowest BCUT2D eigenvalue weighted by Crippen LogP contribution is -2.25. The second-order valence-corrected chi connectivity index (χ2v) is 9.61. The molecule has 0 saturated carbocycles. The molecule has 37 heavy (non-hydrogen) atoms. The summed E-state index contributed by atoms with van der Waals surface area (Å²) in [4.78, 5) is 20.0. The Labute approximate surface area is 218 Å². The summed E-state index contributed by atoms with van der Waals surface area (Å²) in [5.74, 6) is 3.13. The quantitative estimate of drug-likeness (QED) is 0.249. The minimum Gasteiger partial charge on any atom is -0.492 e. The number of anilines is 1. The van der Waals surface area contributed by atoms with Crippen molar-refractivity contribution in [3.8, 4) is 11.5 Å². The van der Waals surface area contributed by atoms with Gasteiger partial charge in [-0.05, 0) is 55.2 Å². The summed E-state index contributed by atoms with van der Waals surface area (Å²) in [5.41, 5.74) is 4.07. The van der Waals surface area contributed by atoms with E-state index < -0.39 is 0 Å².